The minimum absolute atomic E-state index is 0.165. The van der Waals surface area contributed by atoms with Gasteiger partial charge in [-0.05, 0) is 56.0 Å². The summed E-state index contributed by atoms with van der Waals surface area (Å²) in [4.78, 5) is 0. The van der Waals surface area contributed by atoms with Crippen molar-refractivity contribution >= 4 is 0 Å². The topological polar surface area (TPSA) is 21.3 Å². The summed E-state index contributed by atoms with van der Waals surface area (Å²) >= 11 is 0. The Hall–Kier alpha value is -1.80. The van der Waals surface area contributed by atoms with Gasteiger partial charge in [0, 0.05) is 12.1 Å². The fourth-order valence-electron chi connectivity index (χ4n) is 2.14. The zero-order chi connectivity index (χ0) is 16.0. The Morgan fingerprint density at radius 1 is 1.05 bits per heavy atom. The second-order valence-electron chi connectivity index (χ2n) is 6.45. The van der Waals surface area contributed by atoms with Crippen LogP contribution < -0.4 is 10.1 Å². The van der Waals surface area contributed by atoms with Crippen molar-refractivity contribution in [2.75, 3.05) is 0 Å². The van der Waals surface area contributed by atoms with Crippen LogP contribution in [0.25, 0.3) is 0 Å². The third-order valence-corrected chi connectivity index (χ3v) is 4.21. The molecule has 2 heteroatoms. The molecule has 0 fully saturated rings. The zero-order valence-corrected chi connectivity index (χ0v) is 14.1. The molecule has 0 saturated heterocycles. The van der Waals surface area contributed by atoms with Crippen LogP contribution in [0.3, 0.4) is 0 Å². The van der Waals surface area contributed by atoms with Crippen molar-refractivity contribution in [3.8, 4) is 5.75 Å². The van der Waals surface area contributed by atoms with Gasteiger partial charge in [-0.1, -0.05) is 43.3 Å². The average Bonchev–Trinajstić information content (AvgIpc) is 2.53. The fourth-order valence-corrected chi connectivity index (χ4v) is 2.14. The van der Waals surface area contributed by atoms with Crippen LogP contribution >= 0.6 is 0 Å². The lowest BCUT2D eigenvalue weighted by molar-refractivity contribution is 0.304. The highest BCUT2D eigenvalue weighted by molar-refractivity contribution is 5.30. The number of aryl methyl sites for hydroxylation is 1. The number of rotatable bonds is 7. The molecule has 118 valence electrons. The highest BCUT2D eigenvalue weighted by Gasteiger charge is 2.13. The van der Waals surface area contributed by atoms with Crippen LogP contribution in [0.5, 0.6) is 5.75 Å². The van der Waals surface area contributed by atoms with E-state index in [1.54, 1.807) is 0 Å². The molecule has 2 rings (SSSR count). The van der Waals surface area contributed by atoms with E-state index in [0.717, 1.165) is 18.7 Å². The standard InChI is InChI=1S/C20H27NO/c1-5-20(3,4)21-14-17-10-8-12-19(13-17)22-15-18-11-7-6-9-16(18)2/h6-13,21H,5,14-15H2,1-4H3. The lowest BCUT2D eigenvalue weighted by Crippen LogP contribution is -2.37. The Balaban J connectivity index is 1.95. The molecular formula is C20H27NO. The second kappa shape index (κ2) is 7.46. The summed E-state index contributed by atoms with van der Waals surface area (Å²) < 4.78 is 5.94. The van der Waals surface area contributed by atoms with Crippen LogP contribution in [0.1, 0.15) is 43.9 Å². The van der Waals surface area contributed by atoms with Gasteiger partial charge in [0.25, 0.3) is 0 Å². The number of ether oxygens (including phenoxy) is 1. The van der Waals surface area contributed by atoms with E-state index in [-0.39, 0.29) is 5.54 Å². The first kappa shape index (κ1) is 16.6. The average molecular weight is 297 g/mol. The minimum Gasteiger partial charge on any atom is -0.489 e. The van der Waals surface area contributed by atoms with Crippen molar-refractivity contribution < 1.29 is 4.74 Å². The van der Waals surface area contributed by atoms with Gasteiger partial charge >= 0.3 is 0 Å². The first-order valence-corrected chi connectivity index (χ1v) is 8.01. The van der Waals surface area contributed by atoms with Gasteiger partial charge in [0.1, 0.15) is 12.4 Å². The van der Waals surface area contributed by atoms with Crippen LogP contribution in [0.15, 0.2) is 48.5 Å². The molecule has 0 amide bonds. The molecule has 0 atom stereocenters. The minimum atomic E-state index is 0.165. The molecule has 2 aromatic rings. The molecule has 2 aromatic carbocycles. The maximum absolute atomic E-state index is 5.94. The second-order valence-corrected chi connectivity index (χ2v) is 6.45. The van der Waals surface area contributed by atoms with Gasteiger partial charge in [0.15, 0.2) is 0 Å². The molecule has 2 nitrogen and oxygen atoms in total. The number of hydrogen-bond donors (Lipinski definition) is 1. The van der Waals surface area contributed by atoms with Crippen LogP contribution in [-0.2, 0) is 13.2 Å². The third kappa shape index (κ3) is 4.88. The summed E-state index contributed by atoms with van der Waals surface area (Å²) in [6.07, 6.45) is 1.11. The van der Waals surface area contributed by atoms with Gasteiger partial charge < -0.3 is 10.1 Å². The first-order chi connectivity index (χ1) is 10.5. The lowest BCUT2D eigenvalue weighted by atomic mass is 10.0. The lowest BCUT2D eigenvalue weighted by Gasteiger charge is -2.24. The molecule has 0 aliphatic rings. The van der Waals surface area contributed by atoms with E-state index in [1.165, 1.54) is 16.7 Å². The van der Waals surface area contributed by atoms with Gasteiger partial charge in [0.2, 0.25) is 0 Å². The van der Waals surface area contributed by atoms with Crippen molar-refractivity contribution in [2.24, 2.45) is 0 Å². The van der Waals surface area contributed by atoms with Crippen molar-refractivity contribution in [1.29, 1.82) is 0 Å². The molecule has 0 saturated carbocycles. The van der Waals surface area contributed by atoms with E-state index in [4.69, 9.17) is 4.74 Å². The molecule has 0 aromatic heterocycles. The Morgan fingerprint density at radius 2 is 1.82 bits per heavy atom. The van der Waals surface area contributed by atoms with Crippen LogP contribution in [0.4, 0.5) is 0 Å². The molecule has 0 spiro atoms. The molecule has 0 radical (unpaired) electrons. The smallest absolute Gasteiger partial charge is 0.120 e. The van der Waals surface area contributed by atoms with Crippen molar-refractivity contribution in [3.63, 3.8) is 0 Å². The van der Waals surface area contributed by atoms with Gasteiger partial charge in [-0.15, -0.1) is 0 Å². The zero-order valence-electron chi connectivity index (χ0n) is 14.1. The van der Waals surface area contributed by atoms with E-state index >= 15 is 0 Å². The molecule has 0 heterocycles. The summed E-state index contributed by atoms with van der Waals surface area (Å²) in [5, 5.41) is 3.58. The molecule has 1 N–H and O–H groups in total. The van der Waals surface area contributed by atoms with Crippen LogP contribution in [0.2, 0.25) is 0 Å². The number of benzene rings is 2. The van der Waals surface area contributed by atoms with E-state index < -0.39 is 0 Å². The molecule has 0 aliphatic carbocycles. The monoisotopic (exact) mass is 297 g/mol. The van der Waals surface area contributed by atoms with Gasteiger partial charge in [0.05, 0.1) is 0 Å². The van der Waals surface area contributed by atoms with Crippen LogP contribution in [0, 0.1) is 6.92 Å². The summed E-state index contributed by atoms with van der Waals surface area (Å²) in [6.45, 7) is 10.3. The van der Waals surface area contributed by atoms with E-state index in [1.807, 2.05) is 6.07 Å². The number of nitrogens with one attached hydrogen (secondary N) is 1. The Kier molecular flexibility index (Phi) is 5.62. The molecular weight excluding hydrogens is 270 g/mol. The Labute approximate surface area is 134 Å². The van der Waals surface area contributed by atoms with Crippen LogP contribution in [-0.4, -0.2) is 5.54 Å². The maximum Gasteiger partial charge on any atom is 0.120 e. The number of hydrogen-bond acceptors (Lipinski definition) is 2. The Morgan fingerprint density at radius 3 is 2.55 bits per heavy atom. The third-order valence-electron chi connectivity index (χ3n) is 4.21. The maximum atomic E-state index is 5.94. The summed E-state index contributed by atoms with van der Waals surface area (Å²) in [6, 6.07) is 16.7. The van der Waals surface area contributed by atoms with Gasteiger partial charge in [-0.25, -0.2) is 0 Å². The molecule has 0 bridgehead atoms. The Bertz CT molecular complexity index is 604. The molecule has 22 heavy (non-hydrogen) atoms. The fraction of sp³-hybridized carbons (Fsp3) is 0.400. The predicted molar refractivity (Wildman–Crippen MR) is 93.2 cm³/mol. The van der Waals surface area contributed by atoms with Crippen molar-refractivity contribution in [3.05, 3.63) is 65.2 Å². The summed E-state index contributed by atoms with van der Waals surface area (Å²) in [5.41, 5.74) is 3.92. The normalized spacial score (nSPS) is 11.5. The summed E-state index contributed by atoms with van der Waals surface area (Å²) in [7, 11) is 0. The first-order valence-electron chi connectivity index (χ1n) is 8.01. The van der Waals surface area contributed by atoms with Gasteiger partial charge in [-0.2, -0.15) is 0 Å². The van der Waals surface area contributed by atoms with E-state index in [2.05, 4.69) is 75.5 Å². The summed E-state index contributed by atoms with van der Waals surface area (Å²) in [5.74, 6) is 0.928. The van der Waals surface area contributed by atoms with Crippen molar-refractivity contribution in [1.82, 2.24) is 5.32 Å². The highest BCUT2D eigenvalue weighted by Crippen LogP contribution is 2.17. The molecule has 0 aliphatic heterocycles. The molecule has 0 unspecified atom stereocenters. The van der Waals surface area contributed by atoms with Gasteiger partial charge in [-0.3, -0.25) is 0 Å². The van der Waals surface area contributed by atoms with E-state index in [0.29, 0.717) is 6.61 Å². The predicted octanol–water partition coefficient (Wildman–Crippen LogP) is 4.85. The SMILES string of the molecule is CCC(C)(C)NCc1cccc(OCc2ccccc2C)c1. The highest BCUT2D eigenvalue weighted by atomic mass is 16.5. The van der Waals surface area contributed by atoms with Crippen molar-refractivity contribution in [2.45, 2.75) is 52.8 Å². The largest absolute Gasteiger partial charge is 0.489 e. The quantitative estimate of drug-likeness (QED) is 0.788. The van der Waals surface area contributed by atoms with E-state index in [9.17, 15) is 0 Å².